The normalized spacial score (nSPS) is 11.5. The van der Waals surface area contributed by atoms with Gasteiger partial charge in [0.15, 0.2) is 0 Å². The summed E-state index contributed by atoms with van der Waals surface area (Å²) in [7, 11) is 0. The van der Waals surface area contributed by atoms with Gasteiger partial charge in [-0.05, 0) is 37.6 Å². The molecule has 0 saturated heterocycles. The van der Waals surface area contributed by atoms with Crippen LogP contribution in [0, 0.1) is 18.3 Å². The second kappa shape index (κ2) is 5.21. The van der Waals surface area contributed by atoms with E-state index < -0.39 is 0 Å². The molecule has 1 rings (SSSR count). The van der Waals surface area contributed by atoms with Crippen LogP contribution in [0.3, 0.4) is 0 Å². The van der Waals surface area contributed by atoms with Crippen LogP contribution in [0.4, 0.5) is 0 Å². The topological polar surface area (TPSA) is 33.0 Å². The first kappa shape index (κ1) is 11.3. The molecule has 0 aromatic heterocycles. The van der Waals surface area contributed by atoms with E-state index in [1.165, 1.54) is 0 Å². The highest BCUT2D eigenvalue weighted by molar-refractivity contribution is 5.43. The van der Waals surface area contributed by atoms with E-state index in [1.54, 1.807) is 12.1 Å². The standard InChI is InChI=1S/C13H14NO/c1-4-10(3)12-6-11(9-14)7-13(8-12)15-5-2/h4,6-8,10H,1,3,5H2,2H3. The van der Waals surface area contributed by atoms with Crippen LogP contribution in [0.25, 0.3) is 0 Å². The molecule has 0 saturated carbocycles. The second-order valence-corrected chi connectivity index (χ2v) is 3.18. The Bertz CT molecular complexity index is 390. The lowest BCUT2D eigenvalue weighted by Gasteiger charge is -2.10. The molecule has 0 bridgehead atoms. The highest BCUT2D eigenvalue weighted by Gasteiger charge is 2.05. The maximum absolute atomic E-state index is 8.86. The summed E-state index contributed by atoms with van der Waals surface area (Å²) >= 11 is 0. The van der Waals surface area contributed by atoms with E-state index in [4.69, 9.17) is 10.00 Å². The molecule has 0 N–H and O–H groups in total. The molecule has 1 unspecified atom stereocenters. The molecule has 0 aliphatic rings. The van der Waals surface area contributed by atoms with E-state index in [1.807, 2.05) is 19.1 Å². The lowest BCUT2D eigenvalue weighted by molar-refractivity contribution is 0.340. The van der Waals surface area contributed by atoms with Gasteiger partial charge in [-0.2, -0.15) is 5.26 Å². The predicted octanol–water partition coefficient (Wildman–Crippen LogP) is 3.06. The van der Waals surface area contributed by atoms with Crippen LogP contribution in [-0.4, -0.2) is 6.61 Å². The minimum absolute atomic E-state index is 0.0162. The number of hydrogen-bond donors (Lipinski definition) is 0. The van der Waals surface area contributed by atoms with Gasteiger partial charge < -0.3 is 4.74 Å². The van der Waals surface area contributed by atoms with Crippen molar-refractivity contribution in [2.24, 2.45) is 0 Å². The fourth-order valence-corrected chi connectivity index (χ4v) is 1.29. The molecule has 1 aromatic rings. The third-order valence-corrected chi connectivity index (χ3v) is 2.08. The molecule has 1 aromatic carbocycles. The third-order valence-electron chi connectivity index (χ3n) is 2.08. The molecular weight excluding hydrogens is 186 g/mol. The number of nitrogens with zero attached hydrogens (tertiary/aromatic N) is 1. The van der Waals surface area contributed by atoms with Gasteiger partial charge >= 0.3 is 0 Å². The summed E-state index contributed by atoms with van der Waals surface area (Å²) in [5.74, 6) is 0.694. The third kappa shape index (κ3) is 2.85. The maximum atomic E-state index is 8.86. The minimum atomic E-state index is -0.0162. The molecule has 0 aliphatic heterocycles. The first-order valence-corrected chi connectivity index (χ1v) is 4.84. The SMILES string of the molecule is [CH2]C(C=C)c1cc(C#N)cc(OCC)c1. The second-order valence-electron chi connectivity index (χ2n) is 3.18. The zero-order valence-electron chi connectivity index (χ0n) is 8.86. The molecule has 15 heavy (non-hydrogen) atoms. The van der Waals surface area contributed by atoms with E-state index in [-0.39, 0.29) is 5.92 Å². The monoisotopic (exact) mass is 200 g/mol. The quantitative estimate of drug-likeness (QED) is 0.700. The van der Waals surface area contributed by atoms with E-state index in [0.29, 0.717) is 17.9 Å². The summed E-state index contributed by atoms with van der Waals surface area (Å²) in [5.41, 5.74) is 1.54. The molecule has 0 aliphatic carbocycles. The van der Waals surface area contributed by atoms with E-state index >= 15 is 0 Å². The van der Waals surface area contributed by atoms with Crippen molar-refractivity contribution in [3.05, 3.63) is 48.9 Å². The fourth-order valence-electron chi connectivity index (χ4n) is 1.29. The van der Waals surface area contributed by atoms with Gasteiger partial charge in [-0.3, -0.25) is 0 Å². The summed E-state index contributed by atoms with van der Waals surface area (Å²) in [6.45, 7) is 10.1. The summed E-state index contributed by atoms with van der Waals surface area (Å²) < 4.78 is 5.37. The van der Waals surface area contributed by atoms with Crippen molar-refractivity contribution >= 4 is 0 Å². The van der Waals surface area contributed by atoms with Crippen molar-refractivity contribution in [1.29, 1.82) is 5.26 Å². The number of hydrogen-bond acceptors (Lipinski definition) is 2. The Balaban J connectivity index is 3.12. The van der Waals surface area contributed by atoms with Crippen LogP contribution in [0.2, 0.25) is 0 Å². The molecule has 2 heteroatoms. The predicted molar refractivity (Wildman–Crippen MR) is 60.6 cm³/mol. The number of ether oxygens (including phenoxy) is 1. The number of rotatable bonds is 4. The van der Waals surface area contributed by atoms with Crippen molar-refractivity contribution < 1.29 is 4.74 Å². The van der Waals surface area contributed by atoms with Crippen LogP contribution in [0.15, 0.2) is 30.9 Å². The van der Waals surface area contributed by atoms with Crippen LogP contribution in [0.1, 0.15) is 24.0 Å². The minimum Gasteiger partial charge on any atom is -0.494 e. The summed E-state index contributed by atoms with van der Waals surface area (Å²) in [6.07, 6.45) is 1.74. The highest BCUT2D eigenvalue weighted by Crippen LogP contribution is 2.23. The molecular formula is C13H14NO. The van der Waals surface area contributed by atoms with Gasteiger partial charge in [0, 0.05) is 5.92 Å². The Morgan fingerprint density at radius 1 is 1.53 bits per heavy atom. The molecule has 0 heterocycles. The largest absolute Gasteiger partial charge is 0.494 e. The highest BCUT2D eigenvalue weighted by atomic mass is 16.5. The number of nitriles is 1. The zero-order chi connectivity index (χ0) is 11.3. The average Bonchev–Trinajstić information content (AvgIpc) is 2.28. The van der Waals surface area contributed by atoms with Crippen molar-refractivity contribution in [3.8, 4) is 11.8 Å². The van der Waals surface area contributed by atoms with Gasteiger partial charge in [-0.15, -0.1) is 6.58 Å². The average molecular weight is 200 g/mol. The van der Waals surface area contributed by atoms with Gasteiger partial charge in [0.25, 0.3) is 0 Å². The van der Waals surface area contributed by atoms with Crippen LogP contribution < -0.4 is 4.74 Å². The van der Waals surface area contributed by atoms with Crippen LogP contribution in [-0.2, 0) is 0 Å². The lowest BCUT2D eigenvalue weighted by Crippen LogP contribution is -1.96. The van der Waals surface area contributed by atoms with Gasteiger partial charge in [-0.25, -0.2) is 0 Å². The summed E-state index contributed by atoms with van der Waals surface area (Å²) in [6, 6.07) is 7.53. The Morgan fingerprint density at radius 2 is 2.27 bits per heavy atom. The Kier molecular flexibility index (Phi) is 3.93. The Morgan fingerprint density at radius 3 is 2.80 bits per heavy atom. The Labute approximate surface area is 90.8 Å². The van der Waals surface area contributed by atoms with Crippen molar-refractivity contribution in [1.82, 2.24) is 0 Å². The van der Waals surface area contributed by atoms with Gasteiger partial charge in [0.1, 0.15) is 5.75 Å². The molecule has 0 amide bonds. The van der Waals surface area contributed by atoms with Gasteiger partial charge in [0.2, 0.25) is 0 Å². The summed E-state index contributed by atoms with van der Waals surface area (Å²) in [5, 5.41) is 8.86. The van der Waals surface area contributed by atoms with Crippen molar-refractivity contribution in [3.63, 3.8) is 0 Å². The maximum Gasteiger partial charge on any atom is 0.120 e. The smallest absolute Gasteiger partial charge is 0.120 e. The molecule has 0 fully saturated rings. The van der Waals surface area contributed by atoms with E-state index in [0.717, 1.165) is 5.56 Å². The van der Waals surface area contributed by atoms with Gasteiger partial charge in [0.05, 0.1) is 18.2 Å². The molecule has 1 atom stereocenters. The number of allylic oxidation sites excluding steroid dienone is 1. The molecule has 0 spiro atoms. The molecule has 1 radical (unpaired) electrons. The van der Waals surface area contributed by atoms with Crippen LogP contribution >= 0.6 is 0 Å². The molecule has 2 nitrogen and oxygen atoms in total. The van der Waals surface area contributed by atoms with Crippen molar-refractivity contribution in [2.45, 2.75) is 12.8 Å². The Hall–Kier alpha value is -1.75. The summed E-state index contributed by atoms with van der Waals surface area (Å²) in [4.78, 5) is 0. The van der Waals surface area contributed by atoms with Crippen LogP contribution in [0.5, 0.6) is 5.75 Å². The fraction of sp³-hybridized carbons (Fsp3) is 0.231. The first-order chi connectivity index (χ1) is 7.21. The molecule has 77 valence electrons. The first-order valence-electron chi connectivity index (χ1n) is 4.84. The van der Waals surface area contributed by atoms with Crippen molar-refractivity contribution in [2.75, 3.05) is 6.61 Å². The van der Waals surface area contributed by atoms with Gasteiger partial charge in [-0.1, -0.05) is 6.08 Å². The van der Waals surface area contributed by atoms with E-state index in [2.05, 4.69) is 19.6 Å². The number of benzene rings is 1. The lowest BCUT2D eigenvalue weighted by atomic mass is 9.99. The van der Waals surface area contributed by atoms with E-state index in [9.17, 15) is 0 Å². The zero-order valence-corrected chi connectivity index (χ0v) is 8.86.